The molecular weight excluding hydrogens is 298 g/mol. The molecule has 0 aromatic heterocycles. The lowest BCUT2D eigenvalue weighted by atomic mass is 10.0. The van der Waals surface area contributed by atoms with Crippen molar-refractivity contribution in [2.24, 2.45) is 0 Å². The Morgan fingerprint density at radius 2 is 1.75 bits per heavy atom. The van der Waals surface area contributed by atoms with E-state index in [4.69, 9.17) is 4.74 Å². The molecule has 0 heterocycles. The number of rotatable bonds is 6. The Hall–Kier alpha value is -2.29. The van der Waals surface area contributed by atoms with Crippen LogP contribution < -0.4 is 10.1 Å². The fourth-order valence-corrected chi connectivity index (χ4v) is 2.60. The molecule has 0 spiro atoms. The molecule has 0 fully saturated rings. The first-order chi connectivity index (χ1) is 11.4. The van der Waals surface area contributed by atoms with Crippen LogP contribution in [-0.2, 0) is 4.79 Å². The highest BCUT2D eigenvalue weighted by molar-refractivity contribution is 5.81. The molecule has 1 amide bonds. The van der Waals surface area contributed by atoms with Crippen molar-refractivity contribution in [3.05, 3.63) is 64.7 Å². The van der Waals surface area contributed by atoms with Gasteiger partial charge in [-0.05, 0) is 56.9 Å². The average Bonchev–Trinajstić information content (AvgIpc) is 2.57. The molecule has 3 heteroatoms. The summed E-state index contributed by atoms with van der Waals surface area (Å²) in [6.45, 7) is 9.97. The number of hydrogen-bond donors (Lipinski definition) is 1. The van der Waals surface area contributed by atoms with E-state index in [1.54, 1.807) is 6.92 Å². The molecule has 0 unspecified atom stereocenters. The first-order valence-corrected chi connectivity index (χ1v) is 8.52. The van der Waals surface area contributed by atoms with E-state index in [-0.39, 0.29) is 11.9 Å². The third-order valence-electron chi connectivity index (χ3n) is 4.43. The van der Waals surface area contributed by atoms with Crippen molar-refractivity contribution in [2.45, 2.75) is 53.2 Å². The number of ether oxygens (including phenoxy) is 1. The summed E-state index contributed by atoms with van der Waals surface area (Å²) in [6.07, 6.45) is 0.301. The fraction of sp³-hybridized carbons (Fsp3) is 0.381. The largest absolute Gasteiger partial charge is 0.481 e. The molecule has 2 rings (SSSR count). The van der Waals surface area contributed by atoms with Gasteiger partial charge in [-0.3, -0.25) is 4.79 Å². The van der Waals surface area contributed by atoms with E-state index in [1.807, 2.05) is 32.0 Å². The molecule has 0 aliphatic heterocycles. The van der Waals surface area contributed by atoms with Crippen LogP contribution in [0.25, 0.3) is 0 Å². The van der Waals surface area contributed by atoms with E-state index >= 15 is 0 Å². The van der Waals surface area contributed by atoms with Crippen LogP contribution in [0.2, 0.25) is 0 Å². The number of amides is 1. The Morgan fingerprint density at radius 3 is 2.38 bits per heavy atom. The van der Waals surface area contributed by atoms with Crippen molar-refractivity contribution < 1.29 is 9.53 Å². The molecule has 3 nitrogen and oxygen atoms in total. The number of hydrogen-bond acceptors (Lipinski definition) is 2. The monoisotopic (exact) mass is 325 g/mol. The second-order valence-electron chi connectivity index (χ2n) is 6.34. The lowest BCUT2D eigenvalue weighted by molar-refractivity contribution is -0.128. The third kappa shape index (κ3) is 4.38. The molecule has 0 aliphatic carbocycles. The van der Waals surface area contributed by atoms with Crippen molar-refractivity contribution in [3.63, 3.8) is 0 Å². The smallest absolute Gasteiger partial charge is 0.261 e. The maximum atomic E-state index is 12.5. The van der Waals surface area contributed by atoms with Crippen molar-refractivity contribution in [2.75, 3.05) is 0 Å². The quantitative estimate of drug-likeness (QED) is 0.840. The third-order valence-corrected chi connectivity index (χ3v) is 4.43. The summed E-state index contributed by atoms with van der Waals surface area (Å²) in [4.78, 5) is 12.5. The minimum atomic E-state index is -0.537. The Balaban J connectivity index is 2.04. The van der Waals surface area contributed by atoms with Gasteiger partial charge in [0, 0.05) is 0 Å². The Labute approximate surface area is 145 Å². The van der Waals surface area contributed by atoms with E-state index in [0.717, 1.165) is 28.9 Å². The number of benzene rings is 2. The molecule has 0 saturated heterocycles. The SMILES string of the molecule is CC[C@@H](NC(=O)[C@H](C)Oc1cccc(C)c1C)c1ccc(C)cc1. The normalized spacial score (nSPS) is 13.2. The topological polar surface area (TPSA) is 38.3 Å². The van der Waals surface area contributed by atoms with Gasteiger partial charge in [0.25, 0.3) is 5.91 Å². The predicted molar refractivity (Wildman–Crippen MR) is 98.4 cm³/mol. The molecule has 2 aromatic rings. The lowest BCUT2D eigenvalue weighted by Crippen LogP contribution is -2.38. The summed E-state index contributed by atoms with van der Waals surface area (Å²) in [5.41, 5.74) is 4.57. The number of carbonyl (C=O) groups is 1. The van der Waals surface area contributed by atoms with Gasteiger partial charge in [0.1, 0.15) is 5.75 Å². The predicted octanol–water partition coefficient (Wildman–Crippen LogP) is 4.65. The summed E-state index contributed by atoms with van der Waals surface area (Å²) < 4.78 is 5.88. The van der Waals surface area contributed by atoms with Gasteiger partial charge in [-0.25, -0.2) is 0 Å². The zero-order valence-electron chi connectivity index (χ0n) is 15.2. The molecule has 0 aliphatic rings. The summed E-state index contributed by atoms with van der Waals surface area (Å²) >= 11 is 0. The van der Waals surface area contributed by atoms with Crippen molar-refractivity contribution in [1.82, 2.24) is 5.32 Å². The summed E-state index contributed by atoms with van der Waals surface area (Å²) in [5, 5.41) is 3.09. The molecule has 2 atom stereocenters. The summed E-state index contributed by atoms with van der Waals surface area (Å²) in [5.74, 6) is 0.671. The minimum absolute atomic E-state index is 0.00255. The maximum absolute atomic E-state index is 12.5. The van der Waals surface area contributed by atoms with Gasteiger partial charge in [0.05, 0.1) is 6.04 Å². The second-order valence-corrected chi connectivity index (χ2v) is 6.34. The second kappa shape index (κ2) is 8.00. The van der Waals surface area contributed by atoms with E-state index in [0.29, 0.717) is 0 Å². The number of carbonyl (C=O) groups excluding carboxylic acids is 1. The first-order valence-electron chi connectivity index (χ1n) is 8.52. The Kier molecular flexibility index (Phi) is 6.02. The summed E-state index contributed by atoms with van der Waals surface area (Å²) in [6, 6.07) is 14.2. The van der Waals surface area contributed by atoms with Crippen LogP contribution in [0.5, 0.6) is 5.75 Å². The fourth-order valence-electron chi connectivity index (χ4n) is 2.60. The summed E-state index contributed by atoms with van der Waals surface area (Å²) in [7, 11) is 0. The standard InChI is InChI=1S/C21H27NO2/c1-6-19(18-12-10-14(2)11-13-18)22-21(23)17(5)24-20-9-7-8-15(3)16(20)4/h7-13,17,19H,6H2,1-5H3,(H,22,23)/t17-,19+/m0/s1. The zero-order chi connectivity index (χ0) is 17.7. The molecular formula is C21H27NO2. The molecule has 0 radical (unpaired) electrons. The minimum Gasteiger partial charge on any atom is -0.481 e. The van der Waals surface area contributed by atoms with Crippen LogP contribution in [0.3, 0.4) is 0 Å². The molecule has 128 valence electrons. The molecule has 0 saturated carbocycles. The van der Waals surface area contributed by atoms with Crippen LogP contribution in [0.1, 0.15) is 48.6 Å². The Bertz CT molecular complexity index is 691. The van der Waals surface area contributed by atoms with E-state index < -0.39 is 6.10 Å². The van der Waals surface area contributed by atoms with Crippen LogP contribution in [0.15, 0.2) is 42.5 Å². The lowest BCUT2D eigenvalue weighted by Gasteiger charge is -2.22. The van der Waals surface area contributed by atoms with E-state index in [2.05, 4.69) is 43.4 Å². The van der Waals surface area contributed by atoms with Crippen molar-refractivity contribution >= 4 is 5.91 Å². The Morgan fingerprint density at radius 1 is 1.08 bits per heavy atom. The van der Waals surface area contributed by atoms with E-state index in [1.165, 1.54) is 5.56 Å². The van der Waals surface area contributed by atoms with Gasteiger partial charge in [-0.15, -0.1) is 0 Å². The number of aryl methyl sites for hydroxylation is 2. The van der Waals surface area contributed by atoms with Crippen molar-refractivity contribution in [3.8, 4) is 5.75 Å². The highest BCUT2D eigenvalue weighted by atomic mass is 16.5. The molecule has 2 aromatic carbocycles. The number of nitrogens with one attached hydrogen (secondary N) is 1. The van der Waals surface area contributed by atoms with Gasteiger partial charge in [0.15, 0.2) is 6.10 Å². The zero-order valence-corrected chi connectivity index (χ0v) is 15.2. The first kappa shape index (κ1) is 18.1. The maximum Gasteiger partial charge on any atom is 0.261 e. The average molecular weight is 325 g/mol. The van der Waals surface area contributed by atoms with Crippen LogP contribution >= 0.6 is 0 Å². The van der Waals surface area contributed by atoms with Gasteiger partial charge < -0.3 is 10.1 Å². The van der Waals surface area contributed by atoms with E-state index in [9.17, 15) is 4.79 Å². The van der Waals surface area contributed by atoms with Gasteiger partial charge >= 0.3 is 0 Å². The van der Waals surface area contributed by atoms with Gasteiger partial charge in [0.2, 0.25) is 0 Å². The highest BCUT2D eigenvalue weighted by Gasteiger charge is 2.20. The molecule has 0 bridgehead atoms. The van der Waals surface area contributed by atoms with Crippen LogP contribution in [-0.4, -0.2) is 12.0 Å². The highest BCUT2D eigenvalue weighted by Crippen LogP contribution is 2.22. The van der Waals surface area contributed by atoms with Crippen LogP contribution in [0.4, 0.5) is 0 Å². The van der Waals surface area contributed by atoms with Gasteiger partial charge in [-0.2, -0.15) is 0 Å². The van der Waals surface area contributed by atoms with Crippen LogP contribution in [0, 0.1) is 20.8 Å². The van der Waals surface area contributed by atoms with Crippen molar-refractivity contribution in [1.29, 1.82) is 0 Å². The molecule has 24 heavy (non-hydrogen) atoms. The van der Waals surface area contributed by atoms with Gasteiger partial charge in [-0.1, -0.05) is 48.9 Å². The molecule has 1 N–H and O–H groups in total.